The Morgan fingerprint density at radius 3 is 2.93 bits per heavy atom. The molecule has 2 aliphatic heterocycles. The Labute approximate surface area is 160 Å². The molecule has 1 atom stereocenters. The number of benzene rings is 1. The van der Waals surface area contributed by atoms with Crippen molar-refractivity contribution < 1.29 is 14.3 Å². The van der Waals surface area contributed by atoms with Crippen LogP contribution in [0.15, 0.2) is 24.3 Å². The molecule has 3 aliphatic rings. The van der Waals surface area contributed by atoms with Crippen molar-refractivity contribution in [1.82, 2.24) is 9.80 Å². The fourth-order valence-corrected chi connectivity index (χ4v) is 4.50. The molecule has 3 amide bonds. The van der Waals surface area contributed by atoms with Gasteiger partial charge in [-0.25, -0.2) is 4.79 Å². The Morgan fingerprint density at radius 1 is 1.30 bits per heavy atom. The largest absolute Gasteiger partial charge is 0.497 e. The molecule has 6 heteroatoms. The van der Waals surface area contributed by atoms with Gasteiger partial charge in [-0.05, 0) is 50.2 Å². The summed E-state index contributed by atoms with van der Waals surface area (Å²) in [4.78, 5) is 29.1. The SMILES string of the molecule is COc1cccc(NC(=O)N2CCCC3(CCC(=O)N(CC4CC4)C3)C2)c1. The normalized spacial score (nSPS) is 25.6. The van der Waals surface area contributed by atoms with E-state index in [0.717, 1.165) is 56.9 Å². The first-order valence-corrected chi connectivity index (χ1v) is 10.0. The minimum absolute atomic E-state index is 0.0621. The second-order valence-electron chi connectivity index (χ2n) is 8.40. The molecule has 4 rings (SSSR count). The highest BCUT2D eigenvalue weighted by molar-refractivity contribution is 5.89. The molecule has 1 aromatic carbocycles. The standard InChI is InChI=1S/C21H29N3O3/c1-27-18-5-2-4-17(12-18)22-20(26)23-11-3-9-21(14-23)10-8-19(25)24(15-21)13-16-6-7-16/h2,4-5,12,16H,3,6-11,13-15H2,1H3,(H,22,26). The molecule has 0 radical (unpaired) electrons. The zero-order chi connectivity index (χ0) is 18.9. The van der Waals surface area contributed by atoms with Crippen LogP contribution in [0.25, 0.3) is 0 Å². The van der Waals surface area contributed by atoms with Crippen LogP contribution in [-0.4, -0.2) is 55.0 Å². The van der Waals surface area contributed by atoms with Gasteiger partial charge >= 0.3 is 6.03 Å². The number of likely N-dealkylation sites (tertiary alicyclic amines) is 2. The van der Waals surface area contributed by atoms with Gasteiger partial charge in [0.2, 0.25) is 5.91 Å². The number of ether oxygens (including phenoxy) is 1. The van der Waals surface area contributed by atoms with E-state index in [1.165, 1.54) is 12.8 Å². The smallest absolute Gasteiger partial charge is 0.321 e. The summed E-state index contributed by atoms with van der Waals surface area (Å²) in [7, 11) is 1.62. The predicted molar refractivity (Wildman–Crippen MR) is 104 cm³/mol. The fraction of sp³-hybridized carbons (Fsp3) is 0.619. The number of piperidine rings is 2. The van der Waals surface area contributed by atoms with Gasteiger partial charge < -0.3 is 19.9 Å². The molecule has 0 aromatic heterocycles. The molecule has 6 nitrogen and oxygen atoms in total. The first-order valence-electron chi connectivity index (χ1n) is 10.0. The minimum atomic E-state index is -0.0621. The molecule has 3 fully saturated rings. The molecule has 1 spiro atoms. The molecule has 1 aromatic rings. The summed E-state index contributed by atoms with van der Waals surface area (Å²) < 4.78 is 5.23. The zero-order valence-electron chi connectivity index (χ0n) is 16.1. The molecule has 1 unspecified atom stereocenters. The van der Waals surface area contributed by atoms with Crippen LogP contribution in [0.1, 0.15) is 38.5 Å². The number of rotatable bonds is 4. The number of amides is 3. The Balaban J connectivity index is 1.40. The van der Waals surface area contributed by atoms with Crippen molar-refractivity contribution in [2.75, 3.05) is 38.6 Å². The second-order valence-corrected chi connectivity index (χ2v) is 8.40. The third kappa shape index (κ3) is 4.20. The van der Waals surface area contributed by atoms with Crippen molar-refractivity contribution in [1.29, 1.82) is 0 Å². The Morgan fingerprint density at radius 2 is 2.15 bits per heavy atom. The minimum Gasteiger partial charge on any atom is -0.497 e. The van der Waals surface area contributed by atoms with Crippen molar-refractivity contribution >= 4 is 17.6 Å². The van der Waals surface area contributed by atoms with Crippen molar-refractivity contribution in [2.24, 2.45) is 11.3 Å². The molecule has 2 saturated heterocycles. The van der Waals surface area contributed by atoms with E-state index in [4.69, 9.17) is 4.74 Å². The second kappa shape index (κ2) is 7.41. The number of urea groups is 1. The van der Waals surface area contributed by atoms with E-state index in [1.807, 2.05) is 29.2 Å². The van der Waals surface area contributed by atoms with E-state index >= 15 is 0 Å². The zero-order valence-corrected chi connectivity index (χ0v) is 16.1. The van der Waals surface area contributed by atoms with Gasteiger partial charge in [-0.3, -0.25) is 4.79 Å². The van der Waals surface area contributed by atoms with Gasteiger partial charge in [0.05, 0.1) is 7.11 Å². The molecule has 1 aliphatic carbocycles. The van der Waals surface area contributed by atoms with Crippen LogP contribution in [0.5, 0.6) is 5.75 Å². The lowest BCUT2D eigenvalue weighted by Crippen LogP contribution is -2.56. The highest BCUT2D eigenvalue weighted by Gasteiger charge is 2.43. The number of carbonyl (C=O) groups excluding carboxylic acids is 2. The maximum Gasteiger partial charge on any atom is 0.321 e. The maximum atomic E-state index is 12.8. The van der Waals surface area contributed by atoms with Gasteiger partial charge in [0, 0.05) is 49.8 Å². The number of hydrogen-bond donors (Lipinski definition) is 1. The van der Waals surface area contributed by atoms with Crippen LogP contribution in [0.3, 0.4) is 0 Å². The lowest BCUT2D eigenvalue weighted by Gasteiger charge is -2.48. The van der Waals surface area contributed by atoms with Gasteiger partial charge in [-0.15, -0.1) is 0 Å². The van der Waals surface area contributed by atoms with Gasteiger partial charge in [0.1, 0.15) is 5.75 Å². The number of nitrogens with one attached hydrogen (secondary N) is 1. The van der Waals surface area contributed by atoms with Crippen LogP contribution in [-0.2, 0) is 4.79 Å². The van der Waals surface area contributed by atoms with Crippen molar-refractivity contribution in [3.05, 3.63) is 24.3 Å². The van der Waals surface area contributed by atoms with E-state index in [2.05, 4.69) is 10.2 Å². The first-order chi connectivity index (χ1) is 13.1. The Hall–Kier alpha value is -2.24. The molecule has 1 N–H and O–H groups in total. The van der Waals surface area contributed by atoms with E-state index in [0.29, 0.717) is 18.2 Å². The maximum absolute atomic E-state index is 12.8. The lowest BCUT2D eigenvalue weighted by atomic mass is 9.73. The summed E-state index contributed by atoms with van der Waals surface area (Å²) in [5, 5.41) is 3.00. The van der Waals surface area contributed by atoms with E-state index in [9.17, 15) is 9.59 Å². The Bertz CT molecular complexity index is 718. The van der Waals surface area contributed by atoms with E-state index in [-0.39, 0.29) is 11.4 Å². The highest BCUT2D eigenvalue weighted by Crippen LogP contribution is 2.40. The quantitative estimate of drug-likeness (QED) is 0.883. The number of hydrogen-bond acceptors (Lipinski definition) is 3. The fourth-order valence-electron chi connectivity index (χ4n) is 4.50. The van der Waals surface area contributed by atoms with E-state index in [1.54, 1.807) is 7.11 Å². The number of carbonyl (C=O) groups is 2. The topological polar surface area (TPSA) is 61.9 Å². The van der Waals surface area contributed by atoms with Crippen LogP contribution in [0.4, 0.5) is 10.5 Å². The molecule has 0 bridgehead atoms. The average molecular weight is 371 g/mol. The first kappa shape index (κ1) is 18.1. The summed E-state index contributed by atoms with van der Waals surface area (Å²) >= 11 is 0. The van der Waals surface area contributed by atoms with Gasteiger partial charge in [0.25, 0.3) is 0 Å². The van der Waals surface area contributed by atoms with Crippen molar-refractivity contribution in [3.8, 4) is 5.75 Å². The number of nitrogens with zero attached hydrogens (tertiary/aromatic N) is 2. The molecule has 2 heterocycles. The summed E-state index contributed by atoms with van der Waals surface area (Å²) in [6, 6.07) is 7.37. The van der Waals surface area contributed by atoms with Crippen LogP contribution >= 0.6 is 0 Å². The number of methoxy groups -OCH3 is 1. The van der Waals surface area contributed by atoms with Gasteiger partial charge in [0.15, 0.2) is 0 Å². The summed E-state index contributed by atoms with van der Waals surface area (Å²) in [5.41, 5.74) is 0.806. The predicted octanol–water partition coefficient (Wildman–Crippen LogP) is 3.34. The third-order valence-electron chi connectivity index (χ3n) is 6.19. The summed E-state index contributed by atoms with van der Waals surface area (Å²) in [5.74, 6) is 1.73. The monoisotopic (exact) mass is 371 g/mol. The summed E-state index contributed by atoms with van der Waals surface area (Å²) in [6.07, 6.45) is 6.13. The van der Waals surface area contributed by atoms with Crippen LogP contribution < -0.4 is 10.1 Å². The van der Waals surface area contributed by atoms with Crippen LogP contribution in [0, 0.1) is 11.3 Å². The average Bonchev–Trinajstić information content (AvgIpc) is 3.49. The Kier molecular flexibility index (Phi) is 4.98. The van der Waals surface area contributed by atoms with E-state index < -0.39 is 0 Å². The highest BCUT2D eigenvalue weighted by atomic mass is 16.5. The van der Waals surface area contributed by atoms with Crippen LogP contribution in [0.2, 0.25) is 0 Å². The van der Waals surface area contributed by atoms with Crippen molar-refractivity contribution in [3.63, 3.8) is 0 Å². The lowest BCUT2D eigenvalue weighted by molar-refractivity contribution is -0.139. The van der Waals surface area contributed by atoms with Crippen molar-refractivity contribution in [2.45, 2.75) is 38.5 Å². The summed E-state index contributed by atoms with van der Waals surface area (Å²) in [6.45, 7) is 3.23. The molecule has 27 heavy (non-hydrogen) atoms. The molecule has 1 saturated carbocycles. The molecule has 146 valence electrons. The third-order valence-corrected chi connectivity index (χ3v) is 6.19. The molecular weight excluding hydrogens is 342 g/mol. The molecular formula is C21H29N3O3. The number of anilines is 1. The van der Waals surface area contributed by atoms with Gasteiger partial charge in [-0.2, -0.15) is 0 Å². The van der Waals surface area contributed by atoms with Gasteiger partial charge in [-0.1, -0.05) is 6.07 Å².